The maximum absolute atomic E-state index is 12.2. The normalized spacial score (nSPS) is 10.7. The van der Waals surface area contributed by atoms with Gasteiger partial charge < -0.3 is 10.1 Å². The van der Waals surface area contributed by atoms with Crippen LogP contribution in [0.15, 0.2) is 52.1 Å². The van der Waals surface area contributed by atoms with Crippen LogP contribution in [0, 0.1) is 6.92 Å². The van der Waals surface area contributed by atoms with Gasteiger partial charge in [0.15, 0.2) is 5.82 Å². The molecule has 8 heteroatoms. The van der Waals surface area contributed by atoms with E-state index >= 15 is 0 Å². The minimum absolute atomic E-state index is 0.103. The van der Waals surface area contributed by atoms with Crippen LogP contribution >= 0.6 is 27.7 Å². The molecule has 0 aliphatic carbocycles. The van der Waals surface area contributed by atoms with Crippen LogP contribution in [0.4, 0.5) is 5.69 Å². The van der Waals surface area contributed by atoms with E-state index in [0.717, 1.165) is 27.9 Å². The predicted molar refractivity (Wildman–Crippen MR) is 115 cm³/mol. The molecule has 2 aromatic carbocycles. The highest BCUT2D eigenvalue weighted by Crippen LogP contribution is 2.21. The fourth-order valence-electron chi connectivity index (χ4n) is 2.46. The Hall–Kier alpha value is -2.32. The molecule has 0 atom stereocenters. The van der Waals surface area contributed by atoms with Gasteiger partial charge in [-0.1, -0.05) is 46.7 Å². The molecule has 1 aromatic heterocycles. The highest BCUT2D eigenvalue weighted by Gasteiger charge is 2.10. The summed E-state index contributed by atoms with van der Waals surface area (Å²) in [7, 11) is 0. The maximum atomic E-state index is 12.2. The van der Waals surface area contributed by atoms with Crippen molar-refractivity contribution in [1.29, 1.82) is 0 Å². The topological polar surface area (TPSA) is 79.9 Å². The largest absolute Gasteiger partial charge is 0.486 e. The monoisotopic (exact) mass is 460 g/mol. The van der Waals surface area contributed by atoms with Crippen LogP contribution in [0.3, 0.4) is 0 Å². The summed E-state index contributed by atoms with van der Waals surface area (Å²) in [6.07, 6.45) is 0.998. The van der Waals surface area contributed by atoms with Gasteiger partial charge in [-0.25, -0.2) is 4.98 Å². The number of nitrogens with zero attached hydrogens (tertiary/aromatic N) is 2. The van der Waals surface area contributed by atoms with Gasteiger partial charge in [0.25, 0.3) is 0 Å². The fourth-order valence-corrected chi connectivity index (χ4v) is 3.56. The Labute approximate surface area is 176 Å². The lowest BCUT2D eigenvalue weighted by Gasteiger charge is -2.07. The number of anilines is 1. The van der Waals surface area contributed by atoms with Gasteiger partial charge in [-0.3, -0.25) is 9.89 Å². The molecule has 0 radical (unpaired) electrons. The molecule has 3 rings (SSSR count). The molecule has 1 amide bonds. The van der Waals surface area contributed by atoms with Crippen LogP contribution in [0.5, 0.6) is 5.75 Å². The number of H-pyrrole nitrogens is 1. The minimum Gasteiger partial charge on any atom is -0.486 e. The van der Waals surface area contributed by atoms with E-state index < -0.39 is 0 Å². The average Bonchev–Trinajstić information content (AvgIpc) is 3.15. The highest BCUT2D eigenvalue weighted by molar-refractivity contribution is 9.10. The van der Waals surface area contributed by atoms with Crippen LogP contribution in [0.25, 0.3) is 0 Å². The molecule has 0 fully saturated rings. The summed E-state index contributed by atoms with van der Waals surface area (Å²) in [4.78, 5) is 16.5. The number of aromatic nitrogens is 3. The van der Waals surface area contributed by atoms with Crippen molar-refractivity contribution in [2.45, 2.75) is 32.0 Å². The second-order valence-corrected chi connectivity index (χ2v) is 8.01. The zero-order valence-electron chi connectivity index (χ0n) is 15.7. The molecule has 1 heterocycles. The average molecular weight is 461 g/mol. The Bertz CT molecular complexity index is 944. The first-order valence-electron chi connectivity index (χ1n) is 8.85. The van der Waals surface area contributed by atoms with Crippen LogP contribution in [0.2, 0.25) is 0 Å². The number of ether oxygens (including phenoxy) is 1. The first kappa shape index (κ1) is 20.4. The van der Waals surface area contributed by atoms with Gasteiger partial charge in [0.1, 0.15) is 12.4 Å². The second-order valence-electron chi connectivity index (χ2n) is 6.15. The minimum atomic E-state index is -0.103. The summed E-state index contributed by atoms with van der Waals surface area (Å²) < 4.78 is 6.69. The molecular formula is C20H21BrN4O2S. The van der Waals surface area contributed by atoms with Crippen molar-refractivity contribution in [2.75, 3.05) is 11.1 Å². The molecule has 0 saturated carbocycles. The number of carbonyl (C=O) groups is 1. The molecule has 0 saturated heterocycles. The molecular weight excluding hydrogens is 440 g/mol. The van der Waals surface area contributed by atoms with Gasteiger partial charge in [-0.05, 0) is 54.8 Å². The Balaban J connectivity index is 1.46. The molecule has 6 nitrogen and oxygen atoms in total. The zero-order chi connectivity index (χ0) is 19.9. The predicted octanol–water partition coefficient (Wildman–Crippen LogP) is 4.75. The lowest BCUT2D eigenvalue weighted by atomic mass is 10.2. The summed E-state index contributed by atoms with van der Waals surface area (Å²) in [5.41, 5.74) is 3.06. The van der Waals surface area contributed by atoms with Gasteiger partial charge >= 0.3 is 0 Å². The summed E-state index contributed by atoms with van der Waals surface area (Å²) in [5, 5.41) is 10.4. The molecule has 2 N–H and O–H groups in total. The van der Waals surface area contributed by atoms with E-state index in [1.165, 1.54) is 17.3 Å². The van der Waals surface area contributed by atoms with Crippen molar-refractivity contribution in [1.82, 2.24) is 15.2 Å². The Morgan fingerprint density at radius 1 is 1.25 bits per heavy atom. The van der Waals surface area contributed by atoms with Crippen LogP contribution < -0.4 is 10.1 Å². The molecule has 0 aliphatic rings. The van der Waals surface area contributed by atoms with Crippen molar-refractivity contribution < 1.29 is 9.53 Å². The molecule has 146 valence electrons. The fraction of sp³-hybridized carbons (Fsp3) is 0.250. The number of nitrogens with one attached hydrogen (secondary N) is 2. The lowest BCUT2D eigenvalue weighted by molar-refractivity contribution is -0.113. The zero-order valence-corrected chi connectivity index (χ0v) is 18.1. The number of halogens is 1. The van der Waals surface area contributed by atoms with Crippen LogP contribution in [-0.2, 0) is 17.8 Å². The van der Waals surface area contributed by atoms with Crippen LogP contribution in [0.1, 0.15) is 23.9 Å². The summed E-state index contributed by atoms with van der Waals surface area (Å²) in [5.74, 6) is 1.53. The Morgan fingerprint density at radius 2 is 2.04 bits per heavy atom. The first-order chi connectivity index (χ1) is 13.5. The van der Waals surface area contributed by atoms with E-state index in [1.807, 2.05) is 49.4 Å². The van der Waals surface area contributed by atoms with E-state index in [9.17, 15) is 4.79 Å². The number of carbonyl (C=O) groups excluding carboxylic acids is 1. The van der Waals surface area contributed by atoms with Crippen molar-refractivity contribution in [3.05, 3.63) is 63.9 Å². The summed E-state index contributed by atoms with van der Waals surface area (Å²) >= 11 is 4.69. The molecule has 0 aliphatic heterocycles. The third-order valence-corrected chi connectivity index (χ3v) is 5.35. The van der Waals surface area contributed by atoms with E-state index in [-0.39, 0.29) is 11.7 Å². The molecule has 3 aromatic rings. The number of thioether (sulfide) groups is 1. The van der Waals surface area contributed by atoms with Crippen molar-refractivity contribution in [2.24, 2.45) is 0 Å². The van der Waals surface area contributed by atoms with E-state index in [4.69, 9.17) is 4.74 Å². The number of hydrogen-bond donors (Lipinski definition) is 2. The molecule has 0 spiro atoms. The molecule has 0 unspecified atom stereocenters. The third kappa shape index (κ3) is 5.84. The van der Waals surface area contributed by atoms with Gasteiger partial charge in [0.05, 0.1) is 5.75 Å². The Morgan fingerprint density at radius 3 is 2.75 bits per heavy atom. The van der Waals surface area contributed by atoms with Gasteiger partial charge in [0.2, 0.25) is 11.1 Å². The summed E-state index contributed by atoms with van der Waals surface area (Å²) in [6.45, 7) is 4.36. The first-order valence-corrected chi connectivity index (χ1v) is 10.6. The summed E-state index contributed by atoms with van der Waals surface area (Å²) in [6, 6.07) is 13.7. The van der Waals surface area contributed by atoms with E-state index in [1.54, 1.807) is 0 Å². The number of benzene rings is 2. The molecule has 28 heavy (non-hydrogen) atoms. The number of hydrogen-bond acceptors (Lipinski definition) is 5. The highest BCUT2D eigenvalue weighted by atomic mass is 79.9. The van der Waals surface area contributed by atoms with Crippen LogP contribution in [-0.4, -0.2) is 26.8 Å². The second kappa shape index (κ2) is 9.75. The smallest absolute Gasteiger partial charge is 0.234 e. The molecule has 0 bridgehead atoms. The number of aryl methyl sites for hydroxylation is 2. The lowest BCUT2D eigenvalue weighted by Crippen LogP contribution is -2.14. The standard InChI is InChI=1S/C20H21BrN4O2S/c1-3-14-4-7-16(8-5-14)27-11-18-23-20(25-24-18)28-12-19(26)22-17-9-6-15(21)10-13(17)2/h4-10H,3,11-12H2,1-2H3,(H,22,26)(H,23,24,25). The number of rotatable bonds is 8. The van der Waals surface area contributed by atoms with Gasteiger partial charge in [-0.15, -0.1) is 5.10 Å². The van der Waals surface area contributed by atoms with Crippen molar-refractivity contribution >= 4 is 39.3 Å². The quantitative estimate of drug-likeness (QED) is 0.474. The number of aromatic amines is 1. The number of amides is 1. The maximum Gasteiger partial charge on any atom is 0.234 e. The third-order valence-electron chi connectivity index (χ3n) is 4.01. The van der Waals surface area contributed by atoms with Gasteiger partial charge in [-0.2, -0.15) is 0 Å². The Kier molecular flexibility index (Phi) is 7.11. The van der Waals surface area contributed by atoms with E-state index in [0.29, 0.717) is 17.6 Å². The van der Waals surface area contributed by atoms with Crippen molar-refractivity contribution in [3.8, 4) is 5.75 Å². The van der Waals surface area contributed by atoms with Crippen molar-refractivity contribution in [3.63, 3.8) is 0 Å². The van der Waals surface area contributed by atoms with Gasteiger partial charge in [0, 0.05) is 10.2 Å². The SMILES string of the molecule is CCc1ccc(OCc2nc(SCC(=O)Nc3ccc(Br)cc3C)n[nH]2)cc1. The van der Waals surface area contributed by atoms with E-state index in [2.05, 4.69) is 43.4 Å².